The van der Waals surface area contributed by atoms with E-state index >= 15 is 0 Å². The Hall–Kier alpha value is -1.36. The van der Waals surface area contributed by atoms with Crippen molar-refractivity contribution >= 4 is 5.97 Å². The number of nitrogens with two attached hydrogens (primary N) is 1. The molecular weight excluding hydrogens is 230 g/mol. The molecule has 1 rings (SSSR count). The molecule has 1 aromatic heterocycles. The van der Waals surface area contributed by atoms with Crippen LogP contribution in [0.15, 0.2) is 6.07 Å². The maximum atomic E-state index is 11.7. The van der Waals surface area contributed by atoms with Crippen LogP contribution in [-0.4, -0.2) is 27.9 Å². The van der Waals surface area contributed by atoms with Crippen molar-refractivity contribution in [3.63, 3.8) is 0 Å². The van der Waals surface area contributed by atoms with Crippen LogP contribution in [0, 0.1) is 13.8 Å². The van der Waals surface area contributed by atoms with Gasteiger partial charge in [-0.05, 0) is 47.1 Å². The molecule has 0 spiro atoms. The van der Waals surface area contributed by atoms with E-state index in [-0.39, 0.29) is 12.0 Å². The zero-order valence-corrected chi connectivity index (χ0v) is 11.9. The highest BCUT2D eigenvalue weighted by molar-refractivity contribution is 5.80. The lowest BCUT2D eigenvalue weighted by Gasteiger charge is -2.26. The molecule has 2 unspecified atom stereocenters. The molecule has 5 nitrogen and oxygen atoms in total. The van der Waals surface area contributed by atoms with Crippen LogP contribution in [0.1, 0.15) is 44.6 Å². The second kappa shape index (κ2) is 5.52. The van der Waals surface area contributed by atoms with E-state index in [1.807, 2.05) is 31.5 Å². The van der Waals surface area contributed by atoms with Crippen molar-refractivity contribution in [3.05, 3.63) is 17.5 Å². The maximum Gasteiger partial charge on any atom is 0.325 e. The number of esters is 1. The molecule has 2 atom stereocenters. The van der Waals surface area contributed by atoms with Gasteiger partial charge in [-0.3, -0.25) is 9.48 Å². The first-order valence-corrected chi connectivity index (χ1v) is 6.26. The summed E-state index contributed by atoms with van der Waals surface area (Å²) in [6.45, 7) is 9.77. The SMILES string of the molecule is CCOC(=O)C(C)(N)CC(C)n1nc(C)cc1C. The molecule has 0 saturated carbocycles. The van der Waals surface area contributed by atoms with Gasteiger partial charge in [-0.1, -0.05) is 0 Å². The molecule has 0 aromatic carbocycles. The molecule has 102 valence electrons. The zero-order valence-electron chi connectivity index (χ0n) is 11.9. The van der Waals surface area contributed by atoms with Gasteiger partial charge in [-0.25, -0.2) is 0 Å². The summed E-state index contributed by atoms with van der Waals surface area (Å²) in [7, 11) is 0. The van der Waals surface area contributed by atoms with Crippen LogP contribution in [0.5, 0.6) is 0 Å². The number of carbonyl (C=O) groups is 1. The van der Waals surface area contributed by atoms with E-state index in [4.69, 9.17) is 10.5 Å². The highest BCUT2D eigenvalue weighted by atomic mass is 16.5. The molecule has 1 heterocycles. The number of hydrogen-bond acceptors (Lipinski definition) is 4. The minimum Gasteiger partial charge on any atom is -0.465 e. The van der Waals surface area contributed by atoms with Gasteiger partial charge < -0.3 is 10.5 Å². The Morgan fingerprint density at radius 2 is 2.22 bits per heavy atom. The normalized spacial score (nSPS) is 16.1. The predicted octanol–water partition coefficient (Wildman–Crippen LogP) is 1.73. The van der Waals surface area contributed by atoms with E-state index in [1.54, 1.807) is 13.8 Å². The number of ether oxygens (including phenoxy) is 1. The average molecular weight is 253 g/mol. The monoisotopic (exact) mass is 253 g/mol. The van der Waals surface area contributed by atoms with E-state index in [0.717, 1.165) is 11.4 Å². The Bertz CT molecular complexity index is 424. The molecule has 0 aliphatic heterocycles. The maximum absolute atomic E-state index is 11.7. The molecule has 0 amide bonds. The zero-order chi connectivity index (χ0) is 13.9. The van der Waals surface area contributed by atoms with E-state index in [0.29, 0.717) is 13.0 Å². The summed E-state index contributed by atoms with van der Waals surface area (Å²) in [6.07, 6.45) is 0.494. The molecule has 0 saturated heterocycles. The summed E-state index contributed by atoms with van der Waals surface area (Å²) in [5.74, 6) is -0.363. The average Bonchev–Trinajstić information content (AvgIpc) is 2.57. The molecule has 0 fully saturated rings. The van der Waals surface area contributed by atoms with Gasteiger partial charge in [0.15, 0.2) is 0 Å². The van der Waals surface area contributed by atoms with E-state index in [2.05, 4.69) is 5.10 Å². The van der Waals surface area contributed by atoms with Gasteiger partial charge in [0.2, 0.25) is 0 Å². The molecule has 0 aliphatic carbocycles. The van der Waals surface area contributed by atoms with E-state index in [9.17, 15) is 4.79 Å². The highest BCUT2D eigenvalue weighted by Gasteiger charge is 2.32. The number of aromatic nitrogens is 2. The summed E-state index contributed by atoms with van der Waals surface area (Å²) < 4.78 is 6.89. The lowest BCUT2D eigenvalue weighted by Crippen LogP contribution is -2.47. The van der Waals surface area contributed by atoms with Crippen LogP contribution >= 0.6 is 0 Å². The molecule has 18 heavy (non-hydrogen) atoms. The second-order valence-electron chi connectivity index (χ2n) is 5.06. The van der Waals surface area contributed by atoms with Gasteiger partial charge >= 0.3 is 5.97 Å². The van der Waals surface area contributed by atoms with Crippen LogP contribution < -0.4 is 5.73 Å². The first kappa shape index (κ1) is 14.7. The summed E-state index contributed by atoms with van der Waals surface area (Å²) in [4.78, 5) is 11.7. The second-order valence-corrected chi connectivity index (χ2v) is 5.06. The Kier molecular flexibility index (Phi) is 4.51. The van der Waals surface area contributed by atoms with Crippen molar-refractivity contribution in [2.24, 2.45) is 5.73 Å². The van der Waals surface area contributed by atoms with Crippen LogP contribution in [0.4, 0.5) is 0 Å². The van der Waals surface area contributed by atoms with Gasteiger partial charge in [-0.15, -0.1) is 0 Å². The summed E-state index contributed by atoms with van der Waals surface area (Å²) in [6, 6.07) is 2.06. The van der Waals surface area contributed by atoms with Crippen molar-refractivity contribution in [3.8, 4) is 0 Å². The van der Waals surface area contributed by atoms with Crippen molar-refractivity contribution in [1.82, 2.24) is 9.78 Å². The Balaban J connectivity index is 2.78. The quantitative estimate of drug-likeness (QED) is 0.811. The Morgan fingerprint density at radius 3 is 2.67 bits per heavy atom. The van der Waals surface area contributed by atoms with Crippen molar-refractivity contribution < 1.29 is 9.53 Å². The van der Waals surface area contributed by atoms with Gasteiger partial charge in [0, 0.05) is 5.69 Å². The highest BCUT2D eigenvalue weighted by Crippen LogP contribution is 2.21. The van der Waals surface area contributed by atoms with Gasteiger partial charge in [0.05, 0.1) is 18.3 Å². The van der Waals surface area contributed by atoms with E-state index < -0.39 is 5.54 Å². The first-order valence-electron chi connectivity index (χ1n) is 6.26. The standard InChI is InChI=1S/C13H23N3O2/c1-6-18-12(17)13(5,14)8-11(4)16-10(3)7-9(2)15-16/h7,11H,6,8,14H2,1-5H3. The molecule has 0 radical (unpaired) electrons. The van der Waals surface area contributed by atoms with Crippen LogP contribution in [0.3, 0.4) is 0 Å². The third-order valence-corrected chi connectivity index (χ3v) is 2.92. The molecular formula is C13H23N3O2. The summed E-state index contributed by atoms with van der Waals surface area (Å²) >= 11 is 0. The summed E-state index contributed by atoms with van der Waals surface area (Å²) in [5, 5.41) is 4.41. The first-order chi connectivity index (χ1) is 8.27. The van der Waals surface area contributed by atoms with Crippen LogP contribution in [0.25, 0.3) is 0 Å². The minimum atomic E-state index is -0.984. The lowest BCUT2D eigenvalue weighted by atomic mass is 9.95. The third-order valence-electron chi connectivity index (χ3n) is 2.92. The smallest absolute Gasteiger partial charge is 0.325 e. The van der Waals surface area contributed by atoms with Gasteiger partial charge in [0.25, 0.3) is 0 Å². The van der Waals surface area contributed by atoms with Gasteiger partial charge in [0.1, 0.15) is 5.54 Å². The largest absolute Gasteiger partial charge is 0.465 e. The van der Waals surface area contributed by atoms with Crippen molar-refractivity contribution in [1.29, 1.82) is 0 Å². The number of carbonyl (C=O) groups excluding carboxylic acids is 1. The van der Waals surface area contributed by atoms with Crippen molar-refractivity contribution in [2.45, 2.75) is 52.6 Å². The minimum absolute atomic E-state index is 0.0538. The summed E-state index contributed by atoms with van der Waals surface area (Å²) in [5.41, 5.74) is 7.08. The van der Waals surface area contributed by atoms with Crippen molar-refractivity contribution in [2.75, 3.05) is 6.61 Å². The van der Waals surface area contributed by atoms with Crippen LogP contribution in [-0.2, 0) is 9.53 Å². The van der Waals surface area contributed by atoms with Crippen LogP contribution in [0.2, 0.25) is 0 Å². The number of aryl methyl sites for hydroxylation is 2. The number of rotatable bonds is 5. The Morgan fingerprint density at radius 1 is 1.61 bits per heavy atom. The number of hydrogen-bond donors (Lipinski definition) is 1. The fourth-order valence-corrected chi connectivity index (χ4v) is 2.17. The molecule has 1 aromatic rings. The van der Waals surface area contributed by atoms with E-state index in [1.165, 1.54) is 0 Å². The Labute approximate surface area is 108 Å². The number of nitrogens with zero attached hydrogens (tertiary/aromatic N) is 2. The lowest BCUT2D eigenvalue weighted by molar-refractivity contribution is -0.149. The topological polar surface area (TPSA) is 70.1 Å². The molecule has 0 aliphatic rings. The molecule has 0 bridgehead atoms. The fourth-order valence-electron chi connectivity index (χ4n) is 2.17. The predicted molar refractivity (Wildman–Crippen MR) is 70.3 cm³/mol. The molecule has 5 heteroatoms. The molecule has 2 N–H and O–H groups in total. The fraction of sp³-hybridized carbons (Fsp3) is 0.692. The van der Waals surface area contributed by atoms with Gasteiger partial charge in [-0.2, -0.15) is 5.10 Å². The third kappa shape index (κ3) is 3.32.